The van der Waals surface area contributed by atoms with Crippen molar-refractivity contribution < 1.29 is 14.3 Å². The van der Waals surface area contributed by atoms with Gasteiger partial charge in [0, 0.05) is 11.4 Å². The van der Waals surface area contributed by atoms with Crippen LogP contribution < -0.4 is 9.47 Å². The molecule has 0 radical (unpaired) electrons. The Hall–Kier alpha value is -2.31. The molecule has 6 heteroatoms. The van der Waals surface area contributed by atoms with Crippen LogP contribution in [0.15, 0.2) is 22.2 Å². The van der Waals surface area contributed by atoms with E-state index in [1.165, 1.54) is 20.1 Å². The third kappa shape index (κ3) is 3.84. The minimum absolute atomic E-state index is 0.0389. The predicted octanol–water partition coefficient (Wildman–Crippen LogP) is 2.81. The molecule has 0 saturated carbocycles. The molecule has 1 aromatic rings. The Balaban J connectivity index is 3.32. The lowest BCUT2D eigenvalue weighted by Crippen LogP contribution is -2.03. The molecule has 0 amide bonds. The molecule has 1 rings (SSSR count). The first-order valence-electron chi connectivity index (χ1n) is 5.09. The highest BCUT2D eigenvalue weighted by Gasteiger charge is 2.11. The number of carbonyl (C=O) groups is 1. The maximum absolute atomic E-state index is 11.0. The third-order valence-electron chi connectivity index (χ3n) is 2.08. The molecule has 0 fully saturated rings. The highest BCUT2D eigenvalue weighted by atomic mass is 79.9. The number of nitrogens with zero attached hydrogens (tertiary/aromatic N) is 2. The molecule has 0 unspecified atom stereocenters. The highest BCUT2D eigenvalue weighted by Crippen LogP contribution is 2.34. The molecule has 0 saturated heterocycles. The van der Waals surface area contributed by atoms with Gasteiger partial charge in [-0.25, -0.2) is 0 Å². The number of benzene rings is 1. The second-order valence-electron chi connectivity index (χ2n) is 3.40. The molecular weight excluding hydrogens is 312 g/mol. The summed E-state index contributed by atoms with van der Waals surface area (Å²) in [6, 6.07) is 6.64. The Kier molecular flexibility index (Phi) is 5.11. The first kappa shape index (κ1) is 14.7. The van der Waals surface area contributed by atoms with E-state index in [0.29, 0.717) is 15.8 Å². The Labute approximate surface area is 118 Å². The van der Waals surface area contributed by atoms with E-state index >= 15 is 0 Å². The van der Waals surface area contributed by atoms with Crippen molar-refractivity contribution in [3.05, 3.63) is 27.7 Å². The maximum atomic E-state index is 11.0. The molecule has 0 aliphatic rings. The summed E-state index contributed by atoms with van der Waals surface area (Å²) >= 11 is 3.28. The lowest BCUT2D eigenvalue weighted by molar-refractivity contribution is -0.132. The van der Waals surface area contributed by atoms with Crippen LogP contribution in [0, 0.1) is 22.7 Å². The van der Waals surface area contributed by atoms with Crippen molar-refractivity contribution in [3.63, 3.8) is 0 Å². The van der Waals surface area contributed by atoms with Gasteiger partial charge in [-0.3, -0.25) is 4.79 Å². The Morgan fingerprint density at radius 3 is 2.42 bits per heavy atom. The maximum Gasteiger partial charge on any atom is 0.308 e. The number of rotatable bonds is 3. The van der Waals surface area contributed by atoms with Gasteiger partial charge in [-0.1, -0.05) is 15.9 Å². The molecular formula is C13H9BrN2O3. The minimum atomic E-state index is -0.469. The summed E-state index contributed by atoms with van der Waals surface area (Å²) in [5, 5.41) is 17.4. The van der Waals surface area contributed by atoms with Crippen molar-refractivity contribution in [2.24, 2.45) is 0 Å². The van der Waals surface area contributed by atoms with E-state index < -0.39 is 5.97 Å². The van der Waals surface area contributed by atoms with Crippen molar-refractivity contribution in [2.45, 2.75) is 6.92 Å². The number of carbonyl (C=O) groups excluding carboxylic acids is 1. The standard InChI is InChI=1S/C13H9BrN2O3/c1-8(17)19-13-5-11(14)10(4-12(13)18-2)3-9(6-15)7-16/h3-5H,1-2H3. The SMILES string of the molecule is COc1cc(C=C(C#N)C#N)c(Br)cc1OC(C)=O. The van der Waals surface area contributed by atoms with Crippen LogP contribution in [-0.4, -0.2) is 13.1 Å². The monoisotopic (exact) mass is 320 g/mol. The summed E-state index contributed by atoms with van der Waals surface area (Å²) in [6.45, 7) is 1.28. The van der Waals surface area contributed by atoms with Gasteiger partial charge in [-0.05, 0) is 23.8 Å². The van der Waals surface area contributed by atoms with E-state index in [4.69, 9.17) is 20.0 Å². The largest absolute Gasteiger partial charge is 0.493 e. The quantitative estimate of drug-likeness (QED) is 0.485. The van der Waals surface area contributed by atoms with Crippen molar-refractivity contribution in [3.8, 4) is 23.6 Å². The zero-order valence-electron chi connectivity index (χ0n) is 10.2. The molecule has 0 bridgehead atoms. The minimum Gasteiger partial charge on any atom is -0.493 e. The van der Waals surface area contributed by atoms with Crippen molar-refractivity contribution in [1.29, 1.82) is 10.5 Å². The molecule has 0 aromatic heterocycles. The summed E-state index contributed by atoms with van der Waals surface area (Å²) in [5.41, 5.74) is 0.536. The lowest BCUT2D eigenvalue weighted by Gasteiger charge is -2.10. The van der Waals surface area contributed by atoms with Gasteiger partial charge in [-0.15, -0.1) is 0 Å². The second kappa shape index (κ2) is 6.58. The van der Waals surface area contributed by atoms with Crippen molar-refractivity contribution in [1.82, 2.24) is 0 Å². The fourth-order valence-electron chi connectivity index (χ4n) is 1.30. The van der Waals surface area contributed by atoms with Crippen molar-refractivity contribution in [2.75, 3.05) is 7.11 Å². The van der Waals surface area contributed by atoms with Crippen LogP contribution in [0.5, 0.6) is 11.5 Å². The van der Waals surface area contributed by atoms with Crippen LogP contribution in [0.1, 0.15) is 12.5 Å². The van der Waals surface area contributed by atoms with Gasteiger partial charge in [0.2, 0.25) is 0 Å². The average molecular weight is 321 g/mol. The van der Waals surface area contributed by atoms with Gasteiger partial charge in [-0.2, -0.15) is 10.5 Å². The lowest BCUT2D eigenvalue weighted by atomic mass is 10.1. The highest BCUT2D eigenvalue weighted by molar-refractivity contribution is 9.10. The van der Waals surface area contributed by atoms with Crippen molar-refractivity contribution >= 4 is 28.0 Å². The molecule has 1 aromatic carbocycles. The van der Waals surface area contributed by atoms with Crippen LogP contribution in [0.3, 0.4) is 0 Å². The van der Waals surface area contributed by atoms with Crippen LogP contribution in [-0.2, 0) is 4.79 Å². The van der Waals surface area contributed by atoms with E-state index in [1.54, 1.807) is 24.3 Å². The number of hydrogen-bond acceptors (Lipinski definition) is 5. The van der Waals surface area contributed by atoms with E-state index in [0.717, 1.165) is 0 Å². The van der Waals surface area contributed by atoms with Gasteiger partial charge >= 0.3 is 5.97 Å². The number of nitriles is 2. The molecule has 0 spiro atoms. The number of esters is 1. The first-order chi connectivity index (χ1) is 9.01. The Morgan fingerprint density at radius 1 is 1.32 bits per heavy atom. The molecule has 0 aliphatic carbocycles. The van der Waals surface area contributed by atoms with Gasteiger partial charge in [0.1, 0.15) is 17.7 Å². The first-order valence-corrected chi connectivity index (χ1v) is 5.89. The number of hydrogen-bond donors (Lipinski definition) is 0. The summed E-state index contributed by atoms with van der Waals surface area (Å²) in [5.74, 6) is 0.123. The molecule has 0 atom stereocenters. The summed E-state index contributed by atoms with van der Waals surface area (Å²) in [4.78, 5) is 11.0. The van der Waals surface area contributed by atoms with Gasteiger partial charge in [0.05, 0.1) is 7.11 Å². The summed E-state index contributed by atoms with van der Waals surface area (Å²) in [7, 11) is 1.43. The number of methoxy groups -OCH3 is 1. The van der Waals surface area contributed by atoms with E-state index in [-0.39, 0.29) is 11.3 Å². The van der Waals surface area contributed by atoms with Crippen LogP contribution in [0.2, 0.25) is 0 Å². The van der Waals surface area contributed by atoms with Gasteiger partial charge in [0.15, 0.2) is 11.5 Å². The number of allylic oxidation sites excluding steroid dienone is 1. The van der Waals surface area contributed by atoms with Gasteiger partial charge in [0.25, 0.3) is 0 Å². The van der Waals surface area contributed by atoms with Crippen LogP contribution >= 0.6 is 15.9 Å². The Morgan fingerprint density at radius 2 is 1.95 bits per heavy atom. The molecule has 0 N–H and O–H groups in total. The van der Waals surface area contributed by atoms with Crippen LogP contribution in [0.25, 0.3) is 6.08 Å². The fraction of sp³-hybridized carbons (Fsp3) is 0.154. The fourth-order valence-corrected chi connectivity index (χ4v) is 1.74. The number of halogens is 1. The summed E-state index contributed by atoms with van der Waals surface area (Å²) < 4.78 is 10.7. The molecule has 0 aliphatic heterocycles. The normalized spacial score (nSPS) is 8.89. The second-order valence-corrected chi connectivity index (χ2v) is 4.25. The average Bonchev–Trinajstić information content (AvgIpc) is 2.37. The molecule has 0 heterocycles. The molecule has 19 heavy (non-hydrogen) atoms. The topological polar surface area (TPSA) is 83.1 Å². The van der Waals surface area contributed by atoms with Gasteiger partial charge < -0.3 is 9.47 Å². The zero-order chi connectivity index (χ0) is 14.4. The summed E-state index contributed by atoms with van der Waals surface area (Å²) in [6.07, 6.45) is 1.41. The smallest absolute Gasteiger partial charge is 0.308 e. The molecule has 96 valence electrons. The van der Waals surface area contributed by atoms with E-state index in [9.17, 15) is 4.79 Å². The van der Waals surface area contributed by atoms with E-state index in [1.807, 2.05) is 0 Å². The third-order valence-corrected chi connectivity index (χ3v) is 2.76. The number of ether oxygens (including phenoxy) is 2. The molecule has 5 nitrogen and oxygen atoms in total. The predicted molar refractivity (Wildman–Crippen MR) is 71.2 cm³/mol. The van der Waals surface area contributed by atoms with Crippen LogP contribution in [0.4, 0.5) is 0 Å². The zero-order valence-corrected chi connectivity index (χ0v) is 11.8. The Bertz CT molecular complexity index is 608. The van der Waals surface area contributed by atoms with E-state index in [2.05, 4.69) is 15.9 Å².